The Morgan fingerprint density at radius 1 is 1.14 bits per heavy atom. The lowest BCUT2D eigenvalue weighted by molar-refractivity contribution is -0.137. The molecule has 1 rings (SSSR count). The van der Waals surface area contributed by atoms with Crippen molar-refractivity contribution in [1.29, 1.82) is 0 Å². The first-order valence-electron chi connectivity index (χ1n) is 9.96. The van der Waals surface area contributed by atoms with Crippen LogP contribution in [0.2, 0.25) is 18.1 Å². The van der Waals surface area contributed by atoms with Crippen molar-refractivity contribution >= 4 is 20.4 Å². The summed E-state index contributed by atoms with van der Waals surface area (Å²) in [5, 5.41) is 2.82. The van der Waals surface area contributed by atoms with Crippen molar-refractivity contribution in [3.05, 3.63) is 48.0 Å². The van der Waals surface area contributed by atoms with E-state index in [0.717, 1.165) is 5.56 Å². The van der Waals surface area contributed by atoms with E-state index < -0.39 is 26.4 Å². The number of carbonyl (C=O) groups is 2. The lowest BCUT2D eigenvalue weighted by Gasteiger charge is -2.40. The van der Waals surface area contributed by atoms with Crippen LogP contribution in [0.1, 0.15) is 40.2 Å². The van der Waals surface area contributed by atoms with Crippen LogP contribution in [0.25, 0.3) is 0 Å². The Bertz CT molecular complexity index is 682. The van der Waals surface area contributed by atoms with Crippen LogP contribution in [-0.2, 0) is 25.3 Å². The molecule has 0 heterocycles. The zero-order chi connectivity index (χ0) is 22.1. The van der Waals surface area contributed by atoms with Gasteiger partial charge in [0.1, 0.15) is 6.61 Å². The number of nitrogens with one attached hydrogen (secondary N) is 1. The number of rotatable bonds is 9. The monoisotopic (exact) mass is 421 g/mol. The molecule has 1 aromatic carbocycles. The molecule has 0 aliphatic carbocycles. The second kappa shape index (κ2) is 11.2. The number of ether oxygens (including phenoxy) is 2. The van der Waals surface area contributed by atoms with Crippen LogP contribution in [0.15, 0.2) is 42.5 Å². The summed E-state index contributed by atoms with van der Waals surface area (Å²) < 4.78 is 16.6. The minimum Gasteiger partial charge on any atom is -0.463 e. The fraction of sp³-hybridized carbons (Fsp3) is 0.545. The zero-order valence-corrected chi connectivity index (χ0v) is 19.7. The number of hydrogen-bond donors (Lipinski definition) is 1. The van der Waals surface area contributed by atoms with E-state index >= 15 is 0 Å². The van der Waals surface area contributed by atoms with E-state index in [-0.39, 0.29) is 24.4 Å². The van der Waals surface area contributed by atoms with Gasteiger partial charge in [0.2, 0.25) is 0 Å². The number of esters is 1. The normalized spacial score (nSPS) is 14.3. The topological polar surface area (TPSA) is 73.9 Å². The van der Waals surface area contributed by atoms with E-state index in [1.807, 2.05) is 37.3 Å². The van der Waals surface area contributed by atoms with E-state index in [0.29, 0.717) is 0 Å². The predicted octanol–water partition coefficient (Wildman–Crippen LogP) is 4.81. The molecule has 1 amide bonds. The third-order valence-corrected chi connectivity index (χ3v) is 9.59. The quantitative estimate of drug-likeness (QED) is 0.352. The van der Waals surface area contributed by atoms with Crippen LogP contribution < -0.4 is 5.32 Å². The summed E-state index contributed by atoms with van der Waals surface area (Å²) in [5.74, 6) is -0.462. The highest BCUT2D eigenvalue weighted by Crippen LogP contribution is 2.37. The first-order valence-corrected chi connectivity index (χ1v) is 12.9. The summed E-state index contributed by atoms with van der Waals surface area (Å²) in [6.07, 6.45) is 2.00. The third-order valence-electron chi connectivity index (χ3n) is 5.02. The Kier molecular flexibility index (Phi) is 9.59. The SMILES string of the molecule is CCOC(=O)/C=C/[C@H](NC(=O)OCc1ccccc1)[C@@H](C)O[Si](C)(C)C(C)(C)C. The van der Waals surface area contributed by atoms with Crippen molar-refractivity contribution in [2.75, 3.05) is 6.61 Å². The van der Waals surface area contributed by atoms with Crippen LogP contribution in [0, 0.1) is 0 Å². The van der Waals surface area contributed by atoms with Crippen molar-refractivity contribution in [2.24, 2.45) is 0 Å². The van der Waals surface area contributed by atoms with Gasteiger partial charge in [-0.05, 0) is 37.5 Å². The summed E-state index contributed by atoms with van der Waals surface area (Å²) in [4.78, 5) is 24.1. The maximum atomic E-state index is 12.3. The van der Waals surface area contributed by atoms with Gasteiger partial charge in [-0.25, -0.2) is 9.59 Å². The molecule has 0 aliphatic rings. The standard InChI is InChI=1S/C22H35NO5Si/c1-8-26-20(24)15-14-19(17(2)28-29(6,7)22(3,4)5)23-21(25)27-16-18-12-10-9-11-13-18/h9-15,17,19H,8,16H2,1-7H3,(H,23,25)/b15-14+/t17-,19+/m1/s1. The second-order valence-corrected chi connectivity index (χ2v) is 13.2. The molecule has 0 aromatic heterocycles. The molecule has 1 N–H and O–H groups in total. The maximum absolute atomic E-state index is 12.3. The van der Waals surface area contributed by atoms with Gasteiger partial charge in [0.15, 0.2) is 8.32 Å². The van der Waals surface area contributed by atoms with Gasteiger partial charge in [0.25, 0.3) is 0 Å². The summed E-state index contributed by atoms with van der Waals surface area (Å²) in [7, 11) is -2.07. The zero-order valence-electron chi connectivity index (χ0n) is 18.7. The number of amides is 1. The fourth-order valence-electron chi connectivity index (χ4n) is 2.31. The molecule has 2 atom stereocenters. The minimum atomic E-state index is -2.07. The Hall–Kier alpha value is -2.12. The summed E-state index contributed by atoms with van der Waals surface area (Å²) in [6, 6.07) is 8.91. The van der Waals surface area contributed by atoms with Crippen LogP contribution in [0.5, 0.6) is 0 Å². The van der Waals surface area contributed by atoms with Gasteiger partial charge in [-0.2, -0.15) is 0 Å². The molecule has 6 nitrogen and oxygen atoms in total. The highest BCUT2D eigenvalue weighted by atomic mass is 28.4. The molecule has 7 heteroatoms. The number of hydrogen-bond acceptors (Lipinski definition) is 5. The molecule has 29 heavy (non-hydrogen) atoms. The molecule has 162 valence electrons. The molecule has 0 saturated heterocycles. The Morgan fingerprint density at radius 3 is 2.31 bits per heavy atom. The molecular formula is C22H35NO5Si. The molecule has 0 aliphatic heterocycles. The van der Waals surface area contributed by atoms with Gasteiger partial charge in [-0.1, -0.05) is 57.2 Å². The van der Waals surface area contributed by atoms with E-state index in [1.165, 1.54) is 6.08 Å². The molecular weight excluding hydrogens is 386 g/mol. The summed E-state index contributed by atoms with van der Waals surface area (Å²) in [5.41, 5.74) is 0.895. The van der Waals surface area contributed by atoms with Gasteiger partial charge in [0, 0.05) is 6.08 Å². The first-order chi connectivity index (χ1) is 13.5. The molecule has 0 fully saturated rings. The van der Waals surface area contributed by atoms with Crippen LogP contribution >= 0.6 is 0 Å². The Labute approximate surface area is 175 Å². The third kappa shape index (κ3) is 8.83. The molecule has 0 saturated carbocycles. The van der Waals surface area contributed by atoms with Gasteiger partial charge >= 0.3 is 12.1 Å². The largest absolute Gasteiger partial charge is 0.463 e. The molecule has 0 unspecified atom stereocenters. The van der Waals surface area contributed by atoms with Crippen LogP contribution in [0.3, 0.4) is 0 Å². The molecule has 1 aromatic rings. The lowest BCUT2D eigenvalue weighted by atomic mass is 10.1. The van der Waals surface area contributed by atoms with Gasteiger partial charge < -0.3 is 19.2 Å². The summed E-state index contributed by atoms with van der Waals surface area (Å²) >= 11 is 0. The maximum Gasteiger partial charge on any atom is 0.408 e. The van der Waals surface area contributed by atoms with Crippen LogP contribution in [0.4, 0.5) is 4.79 Å². The van der Waals surface area contributed by atoms with Crippen LogP contribution in [-0.4, -0.2) is 39.1 Å². The highest BCUT2D eigenvalue weighted by Gasteiger charge is 2.39. The molecule has 0 bridgehead atoms. The summed E-state index contributed by atoms with van der Waals surface area (Å²) in [6.45, 7) is 14.8. The number of alkyl carbamates (subject to hydrolysis) is 1. The first kappa shape index (κ1) is 24.9. The second-order valence-electron chi connectivity index (χ2n) is 8.43. The van der Waals surface area contributed by atoms with E-state index in [9.17, 15) is 9.59 Å². The van der Waals surface area contributed by atoms with Crippen molar-refractivity contribution < 1.29 is 23.5 Å². The number of carbonyl (C=O) groups excluding carboxylic acids is 2. The smallest absolute Gasteiger partial charge is 0.408 e. The van der Waals surface area contributed by atoms with Gasteiger partial charge in [-0.15, -0.1) is 0 Å². The van der Waals surface area contributed by atoms with E-state index in [1.54, 1.807) is 13.0 Å². The van der Waals surface area contributed by atoms with Crippen molar-refractivity contribution in [1.82, 2.24) is 5.32 Å². The van der Waals surface area contributed by atoms with E-state index in [2.05, 4.69) is 39.2 Å². The lowest BCUT2D eigenvalue weighted by Crippen LogP contribution is -2.50. The van der Waals surface area contributed by atoms with Crippen molar-refractivity contribution in [3.63, 3.8) is 0 Å². The van der Waals surface area contributed by atoms with Crippen molar-refractivity contribution in [3.8, 4) is 0 Å². The number of benzene rings is 1. The Morgan fingerprint density at radius 2 is 1.76 bits per heavy atom. The average Bonchev–Trinajstić information content (AvgIpc) is 2.63. The van der Waals surface area contributed by atoms with E-state index in [4.69, 9.17) is 13.9 Å². The predicted molar refractivity (Wildman–Crippen MR) is 117 cm³/mol. The van der Waals surface area contributed by atoms with Gasteiger partial charge in [0.05, 0.1) is 18.8 Å². The highest BCUT2D eigenvalue weighted by molar-refractivity contribution is 6.74. The fourth-order valence-corrected chi connectivity index (χ4v) is 3.74. The molecule has 0 spiro atoms. The molecule has 0 radical (unpaired) electrons. The minimum absolute atomic E-state index is 0.0183. The van der Waals surface area contributed by atoms with Crippen molar-refractivity contribution in [2.45, 2.75) is 71.5 Å². The average molecular weight is 422 g/mol. The van der Waals surface area contributed by atoms with Gasteiger partial charge in [-0.3, -0.25) is 0 Å². The Balaban J connectivity index is 2.83.